The summed E-state index contributed by atoms with van der Waals surface area (Å²) in [6.07, 6.45) is 2.56. The van der Waals surface area contributed by atoms with Crippen molar-refractivity contribution in [3.05, 3.63) is 17.8 Å². The number of hydrogen-bond donors (Lipinski definition) is 0. The molecule has 0 N–H and O–H groups in total. The Labute approximate surface area is 74.0 Å². The number of ether oxygens (including phenoxy) is 1. The van der Waals surface area contributed by atoms with Gasteiger partial charge in [0.05, 0.1) is 18.3 Å². The van der Waals surface area contributed by atoms with Gasteiger partial charge in [0.2, 0.25) is 5.15 Å². The molecule has 60 valence electrons. The highest BCUT2D eigenvalue weighted by Crippen LogP contribution is 2.20. The summed E-state index contributed by atoms with van der Waals surface area (Å²) in [5, 5.41) is 0.332. The Morgan fingerprint density at radius 2 is 2.45 bits per heavy atom. The molecular formula is C6H7ClN2OS. The van der Waals surface area contributed by atoms with Crippen LogP contribution in [0.25, 0.3) is 0 Å². The first-order valence-electron chi connectivity index (χ1n) is 3.06. The molecule has 0 bridgehead atoms. The standard InChI is InChI=1S/C6H7ClN2OS/c1-2-3-4-10-6-5(7)8-11-9-6/h2H,1,3-4H2. The molecule has 0 unspecified atom stereocenters. The Kier molecular flexibility index (Phi) is 3.32. The number of nitrogens with zero attached hydrogens (tertiary/aromatic N) is 2. The molecule has 0 atom stereocenters. The van der Waals surface area contributed by atoms with Gasteiger partial charge in [0.1, 0.15) is 0 Å². The first-order chi connectivity index (χ1) is 5.34. The average molecular weight is 191 g/mol. The first kappa shape index (κ1) is 8.49. The molecule has 5 heteroatoms. The van der Waals surface area contributed by atoms with Crippen molar-refractivity contribution in [2.24, 2.45) is 0 Å². The average Bonchev–Trinajstić information content (AvgIpc) is 2.37. The third-order valence-electron chi connectivity index (χ3n) is 0.982. The second-order valence-corrected chi connectivity index (χ2v) is 2.67. The summed E-state index contributed by atoms with van der Waals surface area (Å²) >= 11 is 6.65. The molecule has 0 saturated heterocycles. The minimum absolute atomic E-state index is 0.332. The molecule has 0 radical (unpaired) electrons. The van der Waals surface area contributed by atoms with Gasteiger partial charge >= 0.3 is 0 Å². The van der Waals surface area contributed by atoms with Crippen LogP contribution in [0.4, 0.5) is 0 Å². The number of halogens is 1. The zero-order valence-corrected chi connectivity index (χ0v) is 7.36. The smallest absolute Gasteiger partial charge is 0.265 e. The monoisotopic (exact) mass is 190 g/mol. The predicted octanol–water partition coefficient (Wildman–Crippen LogP) is 2.15. The normalized spacial score (nSPS) is 9.55. The molecule has 0 fully saturated rings. The second-order valence-electron chi connectivity index (χ2n) is 1.79. The Morgan fingerprint density at radius 1 is 1.64 bits per heavy atom. The Hall–Kier alpha value is -0.610. The van der Waals surface area contributed by atoms with E-state index < -0.39 is 0 Å². The van der Waals surface area contributed by atoms with Crippen LogP contribution in [0.5, 0.6) is 5.88 Å². The second kappa shape index (κ2) is 4.31. The molecule has 3 nitrogen and oxygen atoms in total. The van der Waals surface area contributed by atoms with E-state index in [9.17, 15) is 0 Å². The molecule has 0 aromatic carbocycles. The lowest BCUT2D eigenvalue weighted by Gasteiger charge is -1.97. The fraction of sp³-hybridized carbons (Fsp3) is 0.333. The van der Waals surface area contributed by atoms with Crippen molar-refractivity contribution in [3.8, 4) is 5.88 Å². The fourth-order valence-electron chi connectivity index (χ4n) is 0.495. The largest absolute Gasteiger partial charge is 0.475 e. The van der Waals surface area contributed by atoms with Crippen LogP contribution in [0.15, 0.2) is 12.7 Å². The summed E-state index contributed by atoms with van der Waals surface area (Å²) in [4.78, 5) is 0. The lowest BCUT2D eigenvalue weighted by atomic mass is 10.5. The van der Waals surface area contributed by atoms with Crippen molar-refractivity contribution < 1.29 is 4.74 Å². The van der Waals surface area contributed by atoms with Gasteiger partial charge in [-0.25, -0.2) is 0 Å². The first-order valence-corrected chi connectivity index (χ1v) is 4.17. The zero-order chi connectivity index (χ0) is 8.10. The van der Waals surface area contributed by atoms with E-state index in [1.165, 1.54) is 0 Å². The van der Waals surface area contributed by atoms with Gasteiger partial charge in [-0.05, 0) is 6.42 Å². The number of hydrogen-bond acceptors (Lipinski definition) is 4. The maximum atomic E-state index is 5.60. The summed E-state index contributed by atoms with van der Waals surface area (Å²) in [5.74, 6) is 0.415. The van der Waals surface area contributed by atoms with Crippen LogP contribution in [0, 0.1) is 0 Å². The van der Waals surface area contributed by atoms with Gasteiger partial charge < -0.3 is 4.74 Å². The van der Waals surface area contributed by atoms with Crippen molar-refractivity contribution in [2.45, 2.75) is 6.42 Å². The van der Waals surface area contributed by atoms with Gasteiger partial charge in [0.15, 0.2) is 0 Å². The summed E-state index contributed by atoms with van der Waals surface area (Å²) in [6, 6.07) is 0. The molecule has 0 amide bonds. The lowest BCUT2D eigenvalue weighted by Crippen LogP contribution is -1.95. The van der Waals surface area contributed by atoms with Crippen molar-refractivity contribution in [2.75, 3.05) is 6.61 Å². The van der Waals surface area contributed by atoms with E-state index in [1.54, 1.807) is 6.08 Å². The minimum Gasteiger partial charge on any atom is -0.475 e. The molecule has 1 aromatic rings. The molecule has 0 aliphatic carbocycles. The highest BCUT2D eigenvalue weighted by Gasteiger charge is 2.04. The van der Waals surface area contributed by atoms with Gasteiger partial charge in [-0.15, -0.1) is 11.0 Å². The molecule has 0 aliphatic rings. The fourth-order valence-corrected chi connectivity index (χ4v) is 1.14. The van der Waals surface area contributed by atoms with E-state index in [-0.39, 0.29) is 0 Å². The van der Waals surface area contributed by atoms with Crippen LogP contribution in [-0.4, -0.2) is 15.4 Å². The predicted molar refractivity (Wildman–Crippen MR) is 45.2 cm³/mol. The van der Waals surface area contributed by atoms with E-state index in [0.717, 1.165) is 18.1 Å². The highest BCUT2D eigenvalue weighted by atomic mass is 35.5. The van der Waals surface area contributed by atoms with Crippen LogP contribution in [-0.2, 0) is 0 Å². The molecule has 1 heterocycles. The van der Waals surface area contributed by atoms with E-state index in [1.807, 2.05) is 0 Å². The molecule has 1 rings (SSSR count). The topological polar surface area (TPSA) is 35.0 Å². The summed E-state index contributed by atoms with van der Waals surface area (Å²) in [6.45, 7) is 4.11. The molecule has 0 saturated carbocycles. The number of aromatic nitrogens is 2. The molecule has 0 aliphatic heterocycles. The number of rotatable bonds is 4. The maximum Gasteiger partial charge on any atom is 0.265 e. The van der Waals surface area contributed by atoms with E-state index in [4.69, 9.17) is 16.3 Å². The van der Waals surface area contributed by atoms with Crippen LogP contribution in [0.1, 0.15) is 6.42 Å². The Bertz CT molecular complexity index is 238. The zero-order valence-electron chi connectivity index (χ0n) is 5.79. The van der Waals surface area contributed by atoms with Gasteiger partial charge in [-0.2, -0.15) is 4.37 Å². The van der Waals surface area contributed by atoms with Gasteiger partial charge in [0.25, 0.3) is 5.88 Å². The van der Waals surface area contributed by atoms with E-state index >= 15 is 0 Å². The lowest BCUT2D eigenvalue weighted by molar-refractivity contribution is 0.315. The van der Waals surface area contributed by atoms with Gasteiger partial charge in [0, 0.05) is 0 Å². The van der Waals surface area contributed by atoms with Crippen LogP contribution < -0.4 is 4.74 Å². The Balaban J connectivity index is 2.38. The van der Waals surface area contributed by atoms with E-state index in [0.29, 0.717) is 17.6 Å². The Morgan fingerprint density at radius 3 is 3.00 bits per heavy atom. The third-order valence-corrected chi connectivity index (χ3v) is 1.84. The van der Waals surface area contributed by atoms with Crippen molar-refractivity contribution in [3.63, 3.8) is 0 Å². The molecule has 11 heavy (non-hydrogen) atoms. The highest BCUT2D eigenvalue weighted by molar-refractivity contribution is 6.99. The van der Waals surface area contributed by atoms with Crippen LogP contribution >= 0.6 is 23.3 Å². The third kappa shape index (κ3) is 2.48. The van der Waals surface area contributed by atoms with Gasteiger partial charge in [-0.1, -0.05) is 17.7 Å². The maximum absolute atomic E-state index is 5.60. The van der Waals surface area contributed by atoms with Gasteiger partial charge in [-0.3, -0.25) is 0 Å². The van der Waals surface area contributed by atoms with Crippen LogP contribution in [0.2, 0.25) is 5.15 Å². The SMILES string of the molecule is C=CCCOc1nsnc1Cl. The quantitative estimate of drug-likeness (QED) is 0.539. The van der Waals surface area contributed by atoms with Crippen molar-refractivity contribution >= 4 is 23.3 Å². The van der Waals surface area contributed by atoms with Crippen molar-refractivity contribution in [1.82, 2.24) is 8.75 Å². The van der Waals surface area contributed by atoms with Crippen LogP contribution in [0.3, 0.4) is 0 Å². The summed E-state index contributed by atoms with van der Waals surface area (Å²) in [7, 11) is 0. The molecule has 0 spiro atoms. The molecular weight excluding hydrogens is 184 g/mol. The minimum atomic E-state index is 0.332. The summed E-state index contributed by atoms with van der Waals surface area (Å²) < 4.78 is 12.7. The summed E-state index contributed by atoms with van der Waals surface area (Å²) in [5.41, 5.74) is 0. The molecule has 1 aromatic heterocycles. The van der Waals surface area contributed by atoms with Crippen molar-refractivity contribution in [1.29, 1.82) is 0 Å². The van der Waals surface area contributed by atoms with E-state index in [2.05, 4.69) is 15.3 Å².